The molecule has 6 heteroatoms. The van der Waals surface area contributed by atoms with Crippen molar-refractivity contribution in [3.05, 3.63) is 41.6 Å². The highest BCUT2D eigenvalue weighted by Crippen LogP contribution is 2.31. The van der Waals surface area contributed by atoms with E-state index < -0.39 is 11.9 Å². The van der Waals surface area contributed by atoms with Crippen LogP contribution in [0.1, 0.15) is 18.2 Å². The first-order chi connectivity index (χ1) is 9.45. The van der Waals surface area contributed by atoms with Crippen molar-refractivity contribution in [3.8, 4) is 11.3 Å². The van der Waals surface area contributed by atoms with Crippen LogP contribution in [0.3, 0.4) is 0 Å². The van der Waals surface area contributed by atoms with Gasteiger partial charge in [-0.3, -0.25) is 4.68 Å². The molecule has 0 amide bonds. The van der Waals surface area contributed by atoms with Crippen molar-refractivity contribution in [2.24, 2.45) is 0 Å². The minimum atomic E-state index is -4.42. The third-order valence-corrected chi connectivity index (χ3v) is 3.00. The highest BCUT2D eigenvalue weighted by molar-refractivity contribution is 5.60. The van der Waals surface area contributed by atoms with Gasteiger partial charge in [-0.1, -0.05) is 24.3 Å². The molecule has 0 saturated heterocycles. The summed E-state index contributed by atoms with van der Waals surface area (Å²) in [5.74, 6) is 0. The van der Waals surface area contributed by atoms with Crippen LogP contribution in [0.25, 0.3) is 11.3 Å². The van der Waals surface area contributed by atoms with Crippen LogP contribution in [0.5, 0.6) is 0 Å². The van der Waals surface area contributed by atoms with Gasteiger partial charge in [-0.25, -0.2) is 0 Å². The third kappa shape index (κ3) is 3.01. The molecule has 1 aromatic heterocycles. The molecule has 1 aromatic carbocycles. The van der Waals surface area contributed by atoms with Crippen molar-refractivity contribution in [2.75, 3.05) is 7.05 Å². The molecule has 0 aliphatic rings. The molecule has 0 fully saturated rings. The van der Waals surface area contributed by atoms with Crippen molar-refractivity contribution in [1.29, 1.82) is 0 Å². The molecule has 0 unspecified atom stereocenters. The molecule has 2 rings (SSSR count). The zero-order valence-electron chi connectivity index (χ0n) is 11.3. The number of halogens is 3. The maximum atomic E-state index is 12.7. The summed E-state index contributed by atoms with van der Waals surface area (Å²) in [4.78, 5) is 0. The Balaban J connectivity index is 2.38. The molecule has 0 bridgehead atoms. The quantitative estimate of drug-likeness (QED) is 0.933. The maximum Gasteiger partial charge on any atom is 0.435 e. The van der Waals surface area contributed by atoms with Crippen LogP contribution < -0.4 is 5.32 Å². The highest BCUT2D eigenvalue weighted by atomic mass is 19.4. The largest absolute Gasteiger partial charge is 0.435 e. The van der Waals surface area contributed by atoms with Crippen molar-refractivity contribution in [3.63, 3.8) is 0 Å². The Morgan fingerprint density at radius 2 is 1.85 bits per heavy atom. The number of nitrogens with one attached hydrogen (secondary N) is 1. The van der Waals surface area contributed by atoms with E-state index in [2.05, 4.69) is 10.4 Å². The van der Waals surface area contributed by atoms with Gasteiger partial charge in [0.25, 0.3) is 0 Å². The summed E-state index contributed by atoms with van der Waals surface area (Å²) in [6.07, 6.45) is -4.42. The van der Waals surface area contributed by atoms with E-state index in [1.54, 1.807) is 6.92 Å². The van der Waals surface area contributed by atoms with Crippen molar-refractivity contribution < 1.29 is 13.2 Å². The van der Waals surface area contributed by atoms with Gasteiger partial charge in [0.15, 0.2) is 5.69 Å². The third-order valence-electron chi connectivity index (χ3n) is 3.00. The van der Waals surface area contributed by atoms with Crippen molar-refractivity contribution >= 4 is 0 Å². The van der Waals surface area contributed by atoms with Crippen molar-refractivity contribution in [2.45, 2.75) is 26.2 Å². The van der Waals surface area contributed by atoms with Gasteiger partial charge in [-0.2, -0.15) is 18.3 Å². The fourth-order valence-electron chi connectivity index (χ4n) is 2.03. The van der Waals surface area contributed by atoms with Gasteiger partial charge < -0.3 is 5.32 Å². The summed E-state index contributed by atoms with van der Waals surface area (Å²) in [5.41, 5.74) is 1.44. The highest BCUT2D eigenvalue weighted by Gasteiger charge is 2.34. The molecule has 0 atom stereocenters. The molecular weight excluding hydrogens is 267 g/mol. The van der Waals surface area contributed by atoms with E-state index in [9.17, 15) is 13.2 Å². The summed E-state index contributed by atoms with van der Waals surface area (Å²) < 4.78 is 39.5. The van der Waals surface area contributed by atoms with Gasteiger partial charge in [0.2, 0.25) is 0 Å². The van der Waals surface area contributed by atoms with E-state index in [1.807, 2.05) is 31.3 Å². The first-order valence-electron chi connectivity index (χ1n) is 6.34. The first-order valence-corrected chi connectivity index (χ1v) is 6.34. The van der Waals surface area contributed by atoms with Gasteiger partial charge >= 0.3 is 6.18 Å². The smallest absolute Gasteiger partial charge is 0.316 e. The van der Waals surface area contributed by atoms with E-state index in [0.717, 1.165) is 23.7 Å². The fourth-order valence-corrected chi connectivity index (χ4v) is 2.03. The minimum absolute atomic E-state index is 0.393. The van der Waals surface area contributed by atoms with E-state index in [-0.39, 0.29) is 0 Å². The first kappa shape index (κ1) is 14.6. The molecule has 0 aliphatic heterocycles. The Morgan fingerprint density at radius 1 is 1.20 bits per heavy atom. The topological polar surface area (TPSA) is 29.9 Å². The van der Waals surface area contributed by atoms with E-state index in [1.165, 1.54) is 4.68 Å². The lowest BCUT2D eigenvalue weighted by Crippen LogP contribution is -2.07. The Hall–Kier alpha value is -1.82. The van der Waals surface area contributed by atoms with Crippen LogP contribution in [-0.4, -0.2) is 16.8 Å². The predicted molar refractivity (Wildman–Crippen MR) is 71.1 cm³/mol. The Bertz CT molecular complexity index is 570. The summed E-state index contributed by atoms with van der Waals surface area (Å²) >= 11 is 0. The van der Waals surface area contributed by atoms with Crippen LogP contribution in [0, 0.1) is 0 Å². The predicted octanol–water partition coefficient (Wildman–Crippen LogP) is 3.31. The average molecular weight is 283 g/mol. The lowest BCUT2D eigenvalue weighted by Gasteiger charge is -2.06. The molecular formula is C14H16F3N3. The van der Waals surface area contributed by atoms with Gasteiger partial charge in [0.1, 0.15) is 0 Å². The molecule has 20 heavy (non-hydrogen) atoms. The zero-order chi connectivity index (χ0) is 14.8. The molecule has 0 saturated carbocycles. The number of hydrogen-bond acceptors (Lipinski definition) is 2. The maximum absolute atomic E-state index is 12.7. The van der Waals surface area contributed by atoms with Crippen LogP contribution in [0.15, 0.2) is 30.3 Å². The lowest BCUT2D eigenvalue weighted by molar-refractivity contribution is -0.141. The number of hydrogen-bond donors (Lipinski definition) is 1. The number of benzene rings is 1. The second-order valence-corrected chi connectivity index (χ2v) is 4.46. The molecule has 0 spiro atoms. The van der Waals surface area contributed by atoms with Crippen molar-refractivity contribution in [1.82, 2.24) is 15.1 Å². The van der Waals surface area contributed by atoms with E-state index in [4.69, 9.17) is 0 Å². The number of alkyl halides is 3. The van der Waals surface area contributed by atoms with Gasteiger partial charge in [-0.15, -0.1) is 0 Å². The molecule has 1 N–H and O–H groups in total. The monoisotopic (exact) mass is 283 g/mol. The second-order valence-electron chi connectivity index (χ2n) is 4.46. The number of aromatic nitrogens is 2. The average Bonchev–Trinajstić information content (AvgIpc) is 2.84. The number of nitrogens with zero attached hydrogens (tertiary/aromatic N) is 2. The summed E-state index contributed by atoms with van der Waals surface area (Å²) in [5, 5.41) is 6.64. The second kappa shape index (κ2) is 5.66. The molecule has 2 aromatic rings. The minimum Gasteiger partial charge on any atom is -0.316 e. The van der Waals surface area contributed by atoms with Gasteiger partial charge in [0.05, 0.1) is 5.69 Å². The molecule has 0 aliphatic carbocycles. The SMILES string of the molecule is CCn1nc(C(F)(F)F)cc1-c1ccc(CNC)cc1. The summed E-state index contributed by atoms with van der Waals surface area (Å²) in [6.45, 7) is 2.89. The molecule has 1 heterocycles. The zero-order valence-corrected chi connectivity index (χ0v) is 11.3. The lowest BCUT2D eigenvalue weighted by atomic mass is 10.1. The fraction of sp³-hybridized carbons (Fsp3) is 0.357. The number of aryl methyl sites for hydroxylation is 1. The number of rotatable bonds is 4. The van der Waals surface area contributed by atoms with Crippen LogP contribution in [0.4, 0.5) is 13.2 Å². The Morgan fingerprint density at radius 3 is 2.35 bits per heavy atom. The molecule has 108 valence electrons. The molecule has 3 nitrogen and oxygen atoms in total. The van der Waals surface area contributed by atoms with E-state index in [0.29, 0.717) is 12.2 Å². The van der Waals surface area contributed by atoms with Crippen LogP contribution in [0.2, 0.25) is 0 Å². The van der Waals surface area contributed by atoms with Crippen LogP contribution in [-0.2, 0) is 19.3 Å². The van der Waals surface area contributed by atoms with Gasteiger partial charge in [-0.05, 0) is 31.2 Å². The Labute approximate surface area is 115 Å². The van der Waals surface area contributed by atoms with E-state index >= 15 is 0 Å². The standard InChI is InChI=1S/C14H16F3N3/c1-3-20-12(8-13(19-20)14(15,16)17)11-6-4-10(5-7-11)9-18-2/h4-8,18H,3,9H2,1-2H3. The summed E-state index contributed by atoms with van der Waals surface area (Å²) in [6, 6.07) is 8.51. The van der Waals surface area contributed by atoms with Crippen LogP contribution >= 0.6 is 0 Å². The summed E-state index contributed by atoms with van der Waals surface area (Å²) in [7, 11) is 1.84. The normalized spacial score (nSPS) is 11.8. The Kier molecular flexibility index (Phi) is 4.13. The molecule has 0 radical (unpaired) electrons. The van der Waals surface area contributed by atoms with Gasteiger partial charge in [0, 0.05) is 13.1 Å².